The molecule has 0 atom stereocenters. The lowest BCUT2D eigenvalue weighted by molar-refractivity contribution is 0.0784. The van der Waals surface area contributed by atoms with E-state index in [9.17, 15) is 4.79 Å². The minimum atomic E-state index is -0.115. The van der Waals surface area contributed by atoms with Crippen molar-refractivity contribution in [2.24, 2.45) is 0 Å². The third kappa shape index (κ3) is 3.09. The predicted octanol–water partition coefficient (Wildman–Crippen LogP) is 3.10. The Hall–Kier alpha value is -1.94. The summed E-state index contributed by atoms with van der Waals surface area (Å²) < 4.78 is 5.14. The highest BCUT2D eigenvalue weighted by Gasteiger charge is 2.15. The summed E-state index contributed by atoms with van der Waals surface area (Å²) in [5.41, 5.74) is 7.69. The number of halogens is 1. The van der Waals surface area contributed by atoms with Crippen LogP contribution in [0.2, 0.25) is 5.02 Å². The molecule has 2 rings (SSSR count). The number of carbonyl (C=O) groups excluding carboxylic acids is 1. The van der Waals surface area contributed by atoms with Crippen LogP contribution < -0.4 is 5.73 Å². The first-order valence-corrected chi connectivity index (χ1v) is 6.19. The van der Waals surface area contributed by atoms with Crippen molar-refractivity contribution in [3.05, 3.63) is 52.4 Å². The highest BCUT2D eigenvalue weighted by atomic mass is 35.5. The van der Waals surface area contributed by atoms with Gasteiger partial charge < -0.3 is 15.1 Å². The molecule has 0 saturated carbocycles. The summed E-state index contributed by atoms with van der Waals surface area (Å²) in [5, 5.41) is 0.595. The lowest BCUT2D eigenvalue weighted by Crippen LogP contribution is -2.26. The van der Waals surface area contributed by atoms with E-state index >= 15 is 0 Å². The van der Waals surface area contributed by atoms with Gasteiger partial charge in [0.25, 0.3) is 5.91 Å². The number of nitrogens with two attached hydrogens (primary N) is 1. The molecule has 1 aromatic carbocycles. The van der Waals surface area contributed by atoms with Crippen LogP contribution in [-0.2, 0) is 6.54 Å². The summed E-state index contributed by atoms with van der Waals surface area (Å²) >= 11 is 6.08. The number of aryl methyl sites for hydroxylation is 1. The minimum Gasteiger partial charge on any atom is -0.469 e. The summed E-state index contributed by atoms with van der Waals surface area (Å²) in [5.74, 6) is 0.592. The third-order valence-electron chi connectivity index (χ3n) is 2.80. The first-order valence-electron chi connectivity index (χ1n) is 5.82. The molecule has 0 spiro atoms. The Morgan fingerprint density at radius 2 is 2.16 bits per heavy atom. The van der Waals surface area contributed by atoms with Crippen LogP contribution in [0.25, 0.3) is 0 Å². The number of amides is 1. The molecule has 4 nitrogen and oxygen atoms in total. The summed E-state index contributed by atoms with van der Waals surface area (Å²) in [6, 6.07) is 6.94. The molecule has 1 aromatic heterocycles. The Bertz CT molecular complexity index is 607. The average molecular weight is 279 g/mol. The number of nitrogen functional groups attached to an aromatic ring is 1. The highest BCUT2D eigenvalue weighted by Crippen LogP contribution is 2.21. The smallest absolute Gasteiger partial charge is 0.257 e. The number of carbonyl (C=O) groups is 1. The summed E-state index contributed by atoms with van der Waals surface area (Å²) in [4.78, 5) is 13.7. The van der Waals surface area contributed by atoms with Gasteiger partial charge in [-0.1, -0.05) is 11.6 Å². The Labute approximate surface area is 116 Å². The van der Waals surface area contributed by atoms with Gasteiger partial charge in [0.05, 0.1) is 5.56 Å². The predicted molar refractivity (Wildman–Crippen MR) is 75.1 cm³/mol. The number of hydrogen-bond acceptors (Lipinski definition) is 3. The lowest BCUT2D eigenvalue weighted by Gasteiger charge is -2.17. The molecule has 0 aliphatic rings. The maximum atomic E-state index is 12.2. The van der Waals surface area contributed by atoms with E-state index in [4.69, 9.17) is 21.8 Å². The first-order chi connectivity index (χ1) is 8.97. The van der Waals surface area contributed by atoms with Gasteiger partial charge in [0.1, 0.15) is 12.0 Å². The third-order valence-corrected chi connectivity index (χ3v) is 3.17. The van der Waals surface area contributed by atoms with Gasteiger partial charge >= 0.3 is 0 Å². The second-order valence-electron chi connectivity index (χ2n) is 4.46. The molecule has 19 heavy (non-hydrogen) atoms. The molecule has 100 valence electrons. The standard InChI is InChI=1S/C14H15ClN2O2/c1-9-5-11(8-19-9)14(18)17(2)7-10-6-12(16)3-4-13(10)15/h3-6,8H,7,16H2,1-2H3. The van der Waals surface area contributed by atoms with Gasteiger partial charge in [-0.3, -0.25) is 4.79 Å². The normalized spacial score (nSPS) is 10.5. The maximum absolute atomic E-state index is 12.2. The molecule has 2 N–H and O–H groups in total. The molecule has 0 aliphatic carbocycles. The van der Waals surface area contributed by atoms with Crippen molar-refractivity contribution in [1.29, 1.82) is 0 Å². The van der Waals surface area contributed by atoms with E-state index in [0.717, 1.165) is 5.56 Å². The van der Waals surface area contributed by atoms with Gasteiger partial charge in [0, 0.05) is 24.3 Å². The van der Waals surface area contributed by atoms with E-state index < -0.39 is 0 Å². The second kappa shape index (κ2) is 5.36. The minimum absolute atomic E-state index is 0.115. The van der Waals surface area contributed by atoms with Crippen LogP contribution in [0.5, 0.6) is 0 Å². The fourth-order valence-electron chi connectivity index (χ4n) is 1.82. The molecule has 0 bridgehead atoms. The molecule has 5 heteroatoms. The van der Waals surface area contributed by atoms with Crippen molar-refractivity contribution in [2.45, 2.75) is 13.5 Å². The van der Waals surface area contributed by atoms with E-state index in [1.165, 1.54) is 6.26 Å². The van der Waals surface area contributed by atoms with Crippen LogP contribution >= 0.6 is 11.6 Å². The zero-order valence-corrected chi connectivity index (χ0v) is 11.6. The number of furan rings is 1. The van der Waals surface area contributed by atoms with E-state index in [2.05, 4.69) is 0 Å². The van der Waals surface area contributed by atoms with Crippen molar-refractivity contribution in [1.82, 2.24) is 4.90 Å². The van der Waals surface area contributed by atoms with Gasteiger partial charge in [-0.05, 0) is 36.8 Å². The van der Waals surface area contributed by atoms with Gasteiger partial charge in [0.15, 0.2) is 0 Å². The summed E-state index contributed by atoms with van der Waals surface area (Å²) in [6.07, 6.45) is 1.45. The molecular weight excluding hydrogens is 264 g/mol. The zero-order chi connectivity index (χ0) is 14.0. The van der Waals surface area contributed by atoms with Gasteiger partial charge in [-0.2, -0.15) is 0 Å². The van der Waals surface area contributed by atoms with Gasteiger partial charge in [-0.25, -0.2) is 0 Å². The van der Waals surface area contributed by atoms with Crippen LogP contribution in [-0.4, -0.2) is 17.9 Å². The topological polar surface area (TPSA) is 59.5 Å². The molecule has 0 unspecified atom stereocenters. The van der Waals surface area contributed by atoms with E-state index in [1.54, 1.807) is 43.1 Å². The molecular formula is C14H15ClN2O2. The van der Waals surface area contributed by atoms with Crippen LogP contribution in [0, 0.1) is 6.92 Å². The van der Waals surface area contributed by atoms with Crippen LogP contribution in [0.15, 0.2) is 34.9 Å². The molecule has 0 aliphatic heterocycles. The zero-order valence-electron chi connectivity index (χ0n) is 10.8. The van der Waals surface area contributed by atoms with Crippen LogP contribution in [0.3, 0.4) is 0 Å². The molecule has 2 aromatic rings. The fraction of sp³-hybridized carbons (Fsp3) is 0.214. The Morgan fingerprint density at radius 1 is 1.42 bits per heavy atom. The SMILES string of the molecule is Cc1cc(C(=O)N(C)Cc2cc(N)ccc2Cl)co1. The number of nitrogens with zero attached hydrogens (tertiary/aromatic N) is 1. The van der Waals surface area contributed by atoms with Crippen molar-refractivity contribution < 1.29 is 9.21 Å². The monoisotopic (exact) mass is 278 g/mol. The second-order valence-corrected chi connectivity index (χ2v) is 4.87. The maximum Gasteiger partial charge on any atom is 0.257 e. The quantitative estimate of drug-likeness (QED) is 0.878. The molecule has 1 heterocycles. The molecule has 0 saturated heterocycles. The highest BCUT2D eigenvalue weighted by molar-refractivity contribution is 6.31. The fourth-order valence-corrected chi connectivity index (χ4v) is 2.00. The molecule has 1 amide bonds. The van der Waals surface area contributed by atoms with Crippen molar-refractivity contribution >= 4 is 23.2 Å². The Morgan fingerprint density at radius 3 is 2.79 bits per heavy atom. The number of benzene rings is 1. The molecule has 0 fully saturated rings. The van der Waals surface area contributed by atoms with E-state index in [1.807, 2.05) is 0 Å². The Kier molecular flexibility index (Phi) is 3.81. The number of hydrogen-bond donors (Lipinski definition) is 1. The largest absolute Gasteiger partial charge is 0.469 e. The Balaban J connectivity index is 2.14. The molecule has 0 radical (unpaired) electrons. The average Bonchev–Trinajstić information content (AvgIpc) is 2.79. The van der Waals surface area contributed by atoms with Crippen molar-refractivity contribution in [2.75, 3.05) is 12.8 Å². The number of rotatable bonds is 3. The van der Waals surface area contributed by atoms with Crippen LogP contribution in [0.4, 0.5) is 5.69 Å². The van der Waals surface area contributed by atoms with Gasteiger partial charge in [0.2, 0.25) is 0 Å². The van der Waals surface area contributed by atoms with E-state index in [0.29, 0.717) is 28.6 Å². The lowest BCUT2D eigenvalue weighted by atomic mass is 10.2. The van der Waals surface area contributed by atoms with E-state index in [-0.39, 0.29) is 5.91 Å². The number of anilines is 1. The summed E-state index contributed by atoms with van der Waals surface area (Å²) in [6.45, 7) is 2.19. The van der Waals surface area contributed by atoms with Gasteiger partial charge in [-0.15, -0.1) is 0 Å². The first kappa shape index (κ1) is 13.5. The van der Waals surface area contributed by atoms with Crippen molar-refractivity contribution in [3.8, 4) is 0 Å². The van der Waals surface area contributed by atoms with Crippen LogP contribution in [0.1, 0.15) is 21.7 Å². The summed E-state index contributed by atoms with van der Waals surface area (Å²) in [7, 11) is 1.71. The van der Waals surface area contributed by atoms with Crippen molar-refractivity contribution in [3.63, 3.8) is 0 Å².